The first-order chi connectivity index (χ1) is 13.3. The van der Waals surface area contributed by atoms with Gasteiger partial charge in [-0.05, 0) is 25.0 Å². The van der Waals surface area contributed by atoms with Gasteiger partial charge >= 0.3 is 0 Å². The zero-order valence-corrected chi connectivity index (χ0v) is 15.5. The Kier molecular flexibility index (Phi) is 4.37. The van der Waals surface area contributed by atoms with E-state index in [-0.39, 0.29) is 0 Å². The zero-order chi connectivity index (χ0) is 18.1. The number of imidazole rings is 1. The SMILES string of the molecule is c1ccn2cc(CN3CCN(c4cc(N5CCCC5)ncn4)CC3)nc2c1. The number of aromatic nitrogens is 4. The van der Waals surface area contributed by atoms with Crippen molar-refractivity contribution in [3.63, 3.8) is 0 Å². The molecule has 2 aliphatic heterocycles. The Bertz CT molecular complexity index is 874. The fourth-order valence-corrected chi connectivity index (χ4v) is 4.06. The Labute approximate surface area is 159 Å². The van der Waals surface area contributed by atoms with Crippen molar-refractivity contribution in [3.8, 4) is 0 Å². The molecule has 0 atom stereocenters. The van der Waals surface area contributed by atoms with Gasteiger partial charge in [0.05, 0.1) is 5.69 Å². The molecule has 7 heteroatoms. The van der Waals surface area contributed by atoms with Gasteiger partial charge in [-0.25, -0.2) is 15.0 Å². The van der Waals surface area contributed by atoms with E-state index in [1.54, 1.807) is 6.33 Å². The molecule has 0 amide bonds. The number of anilines is 2. The minimum atomic E-state index is 0.901. The van der Waals surface area contributed by atoms with Crippen molar-refractivity contribution in [2.24, 2.45) is 0 Å². The molecule has 0 aliphatic carbocycles. The first-order valence-electron chi connectivity index (χ1n) is 9.82. The molecule has 2 saturated heterocycles. The first kappa shape index (κ1) is 16.5. The van der Waals surface area contributed by atoms with Crippen molar-refractivity contribution < 1.29 is 0 Å². The monoisotopic (exact) mass is 363 g/mol. The van der Waals surface area contributed by atoms with E-state index in [4.69, 9.17) is 4.98 Å². The van der Waals surface area contributed by atoms with Gasteiger partial charge in [0.2, 0.25) is 0 Å². The number of hydrogen-bond donors (Lipinski definition) is 0. The quantitative estimate of drug-likeness (QED) is 0.707. The molecule has 3 aromatic heterocycles. The smallest absolute Gasteiger partial charge is 0.137 e. The van der Waals surface area contributed by atoms with Gasteiger partial charge in [0.1, 0.15) is 23.6 Å². The predicted octanol–water partition coefficient (Wildman–Crippen LogP) is 2.05. The predicted molar refractivity (Wildman–Crippen MR) is 106 cm³/mol. The molecule has 2 aliphatic rings. The van der Waals surface area contributed by atoms with E-state index in [0.717, 1.165) is 68.8 Å². The lowest BCUT2D eigenvalue weighted by molar-refractivity contribution is 0.247. The maximum atomic E-state index is 4.72. The molecule has 140 valence electrons. The van der Waals surface area contributed by atoms with Crippen LogP contribution in [0.1, 0.15) is 18.5 Å². The third-order valence-corrected chi connectivity index (χ3v) is 5.56. The summed E-state index contributed by atoms with van der Waals surface area (Å²) in [6.07, 6.45) is 8.43. The summed E-state index contributed by atoms with van der Waals surface area (Å²) in [6, 6.07) is 8.27. The standard InChI is InChI=1S/C20H25N7/c1-2-8-27-15-17(23-18(27)5-1)14-24-9-11-26(12-10-24)20-13-19(21-16-22-20)25-6-3-4-7-25/h1-2,5,8,13,15-16H,3-4,6-7,9-12,14H2. The summed E-state index contributed by atoms with van der Waals surface area (Å²) in [5.74, 6) is 2.13. The van der Waals surface area contributed by atoms with Gasteiger partial charge in [0.25, 0.3) is 0 Å². The molecule has 0 aromatic carbocycles. The second kappa shape index (κ2) is 7.15. The molecule has 0 radical (unpaired) electrons. The van der Waals surface area contributed by atoms with Crippen molar-refractivity contribution >= 4 is 17.3 Å². The Balaban J connectivity index is 1.21. The summed E-state index contributed by atoms with van der Waals surface area (Å²) in [6.45, 7) is 7.16. The summed E-state index contributed by atoms with van der Waals surface area (Å²) < 4.78 is 2.09. The van der Waals surface area contributed by atoms with Crippen LogP contribution in [0, 0.1) is 0 Å². The van der Waals surface area contributed by atoms with E-state index in [2.05, 4.69) is 53.6 Å². The Morgan fingerprint density at radius 1 is 0.852 bits per heavy atom. The molecule has 0 N–H and O–H groups in total. The van der Waals surface area contributed by atoms with Gasteiger partial charge in [0.15, 0.2) is 0 Å². The minimum absolute atomic E-state index is 0.901. The Hall–Kier alpha value is -2.67. The zero-order valence-electron chi connectivity index (χ0n) is 15.5. The lowest BCUT2D eigenvalue weighted by Crippen LogP contribution is -2.46. The van der Waals surface area contributed by atoms with Crippen LogP contribution in [0.5, 0.6) is 0 Å². The van der Waals surface area contributed by atoms with Crippen LogP contribution in [0.3, 0.4) is 0 Å². The van der Waals surface area contributed by atoms with Crippen LogP contribution in [-0.2, 0) is 6.54 Å². The van der Waals surface area contributed by atoms with Gasteiger partial charge in [-0.1, -0.05) is 6.07 Å². The highest BCUT2D eigenvalue weighted by molar-refractivity contribution is 5.50. The molecule has 5 rings (SSSR count). The van der Waals surface area contributed by atoms with Crippen molar-refractivity contribution in [2.75, 3.05) is 49.1 Å². The Morgan fingerprint density at radius 3 is 2.33 bits per heavy atom. The van der Waals surface area contributed by atoms with Gasteiger partial charge in [0, 0.05) is 64.3 Å². The number of fused-ring (bicyclic) bond motifs is 1. The highest BCUT2D eigenvalue weighted by Crippen LogP contribution is 2.22. The third-order valence-electron chi connectivity index (χ3n) is 5.56. The third kappa shape index (κ3) is 3.47. The molecule has 3 aromatic rings. The first-order valence-corrected chi connectivity index (χ1v) is 9.82. The molecule has 0 saturated carbocycles. The lowest BCUT2D eigenvalue weighted by atomic mass is 10.3. The maximum Gasteiger partial charge on any atom is 0.137 e. The van der Waals surface area contributed by atoms with Crippen molar-refractivity contribution in [1.29, 1.82) is 0 Å². The molecular formula is C20H25N7. The second-order valence-corrected chi connectivity index (χ2v) is 7.39. The summed E-state index contributed by atoms with van der Waals surface area (Å²) >= 11 is 0. The number of piperazine rings is 1. The molecule has 7 nitrogen and oxygen atoms in total. The van der Waals surface area contributed by atoms with Crippen LogP contribution < -0.4 is 9.80 Å². The van der Waals surface area contributed by atoms with E-state index in [1.807, 2.05) is 12.1 Å². The maximum absolute atomic E-state index is 4.72. The van der Waals surface area contributed by atoms with Gasteiger partial charge in [-0.3, -0.25) is 4.90 Å². The van der Waals surface area contributed by atoms with Gasteiger partial charge < -0.3 is 14.2 Å². The highest BCUT2D eigenvalue weighted by atomic mass is 15.3. The summed E-state index contributed by atoms with van der Waals surface area (Å²) in [4.78, 5) is 20.9. The molecule has 0 bridgehead atoms. The van der Waals surface area contributed by atoms with Crippen LogP contribution in [0.4, 0.5) is 11.6 Å². The normalized spacial score (nSPS) is 18.5. The van der Waals surface area contributed by atoms with Crippen LogP contribution in [-0.4, -0.2) is 63.5 Å². The number of hydrogen-bond acceptors (Lipinski definition) is 6. The number of pyridine rings is 1. The van der Waals surface area contributed by atoms with Crippen LogP contribution >= 0.6 is 0 Å². The summed E-state index contributed by atoms with van der Waals surface area (Å²) in [7, 11) is 0. The number of rotatable bonds is 4. The summed E-state index contributed by atoms with van der Waals surface area (Å²) in [5.41, 5.74) is 2.15. The van der Waals surface area contributed by atoms with E-state index < -0.39 is 0 Å². The molecule has 27 heavy (non-hydrogen) atoms. The lowest BCUT2D eigenvalue weighted by Gasteiger charge is -2.35. The van der Waals surface area contributed by atoms with E-state index >= 15 is 0 Å². The largest absolute Gasteiger partial charge is 0.356 e. The number of nitrogens with zero attached hydrogens (tertiary/aromatic N) is 7. The van der Waals surface area contributed by atoms with Crippen molar-refractivity contribution in [1.82, 2.24) is 24.3 Å². The van der Waals surface area contributed by atoms with Crippen molar-refractivity contribution in [3.05, 3.63) is 48.7 Å². The van der Waals surface area contributed by atoms with Gasteiger partial charge in [-0.15, -0.1) is 0 Å². The van der Waals surface area contributed by atoms with Crippen molar-refractivity contribution in [2.45, 2.75) is 19.4 Å². The topological polar surface area (TPSA) is 52.8 Å². The molecule has 0 unspecified atom stereocenters. The molecule has 5 heterocycles. The van der Waals surface area contributed by atoms with Crippen LogP contribution in [0.15, 0.2) is 43.0 Å². The highest BCUT2D eigenvalue weighted by Gasteiger charge is 2.21. The van der Waals surface area contributed by atoms with E-state index in [9.17, 15) is 0 Å². The molecule has 0 spiro atoms. The van der Waals surface area contributed by atoms with Crippen LogP contribution in [0.25, 0.3) is 5.65 Å². The molecular weight excluding hydrogens is 338 g/mol. The molecule has 2 fully saturated rings. The van der Waals surface area contributed by atoms with E-state index in [0.29, 0.717) is 0 Å². The second-order valence-electron chi connectivity index (χ2n) is 7.39. The summed E-state index contributed by atoms with van der Waals surface area (Å²) in [5, 5.41) is 0. The fraction of sp³-hybridized carbons (Fsp3) is 0.450. The average Bonchev–Trinajstić information content (AvgIpc) is 3.38. The average molecular weight is 363 g/mol. The van der Waals surface area contributed by atoms with Gasteiger partial charge in [-0.2, -0.15) is 0 Å². The van der Waals surface area contributed by atoms with Crippen LogP contribution in [0.2, 0.25) is 0 Å². The fourth-order valence-electron chi connectivity index (χ4n) is 4.06. The van der Waals surface area contributed by atoms with E-state index in [1.165, 1.54) is 12.8 Å². The Morgan fingerprint density at radius 2 is 1.59 bits per heavy atom. The minimum Gasteiger partial charge on any atom is -0.356 e.